The number of carbonyl (C=O) groups is 1. The highest BCUT2D eigenvalue weighted by Gasteiger charge is 2.26. The van der Waals surface area contributed by atoms with Crippen molar-refractivity contribution >= 4 is 42.4 Å². The van der Waals surface area contributed by atoms with Gasteiger partial charge in [-0.25, -0.2) is 13.4 Å². The van der Waals surface area contributed by atoms with Crippen LogP contribution in [0.3, 0.4) is 0 Å². The van der Waals surface area contributed by atoms with Crippen LogP contribution in [0.5, 0.6) is 0 Å². The van der Waals surface area contributed by atoms with E-state index in [9.17, 15) is 13.2 Å². The summed E-state index contributed by atoms with van der Waals surface area (Å²) in [6.45, 7) is 7.00. The Morgan fingerprint density at radius 3 is 2.31 bits per heavy atom. The van der Waals surface area contributed by atoms with Crippen molar-refractivity contribution in [3.8, 4) is 0 Å². The van der Waals surface area contributed by atoms with Gasteiger partial charge in [-0.3, -0.25) is 9.69 Å². The number of thiazole rings is 1. The van der Waals surface area contributed by atoms with Gasteiger partial charge in [0.15, 0.2) is 15.0 Å². The molecule has 0 saturated carbocycles. The monoisotopic (exact) mass is 431 g/mol. The molecule has 0 aliphatic rings. The van der Waals surface area contributed by atoms with Crippen LogP contribution in [0.15, 0.2) is 53.4 Å². The summed E-state index contributed by atoms with van der Waals surface area (Å²) in [7, 11) is -3.53. The molecular weight excluding hydrogens is 406 g/mol. The lowest BCUT2D eigenvalue weighted by molar-refractivity contribution is 0.0980. The lowest BCUT2D eigenvalue weighted by Crippen LogP contribution is -2.39. The first-order chi connectivity index (χ1) is 13.8. The molecular formula is C21H25N3O3S2. The molecule has 154 valence electrons. The van der Waals surface area contributed by atoms with Crippen molar-refractivity contribution in [2.24, 2.45) is 0 Å². The number of sulfone groups is 1. The van der Waals surface area contributed by atoms with Gasteiger partial charge < -0.3 is 4.90 Å². The van der Waals surface area contributed by atoms with Crippen LogP contribution in [0, 0.1) is 0 Å². The topological polar surface area (TPSA) is 70.6 Å². The van der Waals surface area contributed by atoms with E-state index >= 15 is 0 Å². The van der Waals surface area contributed by atoms with Crippen LogP contribution >= 0.6 is 11.3 Å². The third kappa shape index (κ3) is 4.83. The van der Waals surface area contributed by atoms with Gasteiger partial charge in [-0.05, 0) is 37.4 Å². The van der Waals surface area contributed by atoms with Crippen molar-refractivity contribution in [3.63, 3.8) is 0 Å². The number of benzene rings is 2. The Morgan fingerprint density at radius 1 is 1.00 bits per heavy atom. The fourth-order valence-electron chi connectivity index (χ4n) is 3.15. The molecule has 0 aliphatic carbocycles. The summed E-state index contributed by atoms with van der Waals surface area (Å²) in [6, 6.07) is 14.1. The van der Waals surface area contributed by atoms with Crippen LogP contribution in [-0.2, 0) is 9.84 Å². The van der Waals surface area contributed by atoms with E-state index in [2.05, 4.69) is 23.7 Å². The number of hydrogen-bond acceptors (Lipinski definition) is 6. The van der Waals surface area contributed by atoms with Crippen LogP contribution in [0.25, 0.3) is 10.2 Å². The number of anilines is 1. The summed E-state index contributed by atoms with van der Waals surface area (Å²) in [5.41, 5.74) is 0.998. The van der Waals surface area contributed by atoms with Crippen molar-refractivity contribution in [2.75, 3.05) is 37.3 Å². The second-order valence-electron chi connectivity index (χ2n) is 6.72. The Balaban J connectivity index is 2.04. The largest absolute Gasteiger partial charge is 0.302 e. The maximum atomic E-state index is 13.5. The van der Waals surface area contributed by atoms with Gasteiger partial charge >= 0.3 is 0 Å². The number of likely N-dealkylation sites (N-methyl/N-ethyl adjacent to an activating group) is 1. The quantitative estimate of drug-likeness (QED) is 0.544. The number of nitrogens with zero attached hydrogens (tertiary/aromatic N) is 3. The van der Waals surface area contributed by atoms with Crippen molar-refractivity contribution in [2.45, 2.75) is 18.7 Å². The van der Waals surface area contributed by atoms with E-state index in [4.69, 9.17) is 0 Å². The molecule has 0 bridgehead atoms. The molecule has 0 aliphatic heterocycles. The zero-order chi connectivity index (χ0) is 21.0. The molecule has 0 spiro atoms. The smallest absolute Gasteiger partial charge is 0.261 e. The molecule has 1 amide bonds. The number of aromatic nitrogens is 1. The molecule has 3 rings (SSSR count). The Labute approximate surface area is 175 Å². The molecule has 0 saturated heterocycles. The van der Waals surface area contributed by atoms with Crippen molar-refractivity contribution < 1.29 is 13.2 Å². The Morgan fingerprint density at radius 2 is 1.66 bits per heavy atom. The van der Waals surface area contributed by atoms with Crippen LogP contribution in [-0.4, -0.2) is 56.6 Å². The standard InChI is InChI=1S/C21H25N3O3S2/c1-4-23(5-2)14-15-24(21-22-17-11-7-8-12-18(17)28-21)20(25)16-10-6-9-13-19(16)29(3,26)27/h6-13H,4-5,14-15H2,1-3H3. The van der Waals surface area contributed by atoms with Gasteiger partial charge in [0.25, 0.3) is 5.91 Å². The maximum Gasteiger partial charge on any atom is 0.261 e. The van der Waals surface area contributed by atoms with E-state index in [1.54, 1.807) is 23.1 Å². The summed E-state index contributed by atoms with van der Waals surface area (Å²) in [4.78, 5) is 22.0. The lowest BCUT2D eigenvalue weighted by Gasteiger charge is -2.25. The number of amides is 1. The van der Waals surface area contributed by atoms with Crippen molar-refractivity contribution in [1.82, 2.24) is 9.88 Å². The van der Waals surface area contributed by atoms with Gasteiger partial charge in [0, 0.05) is 19.3 Å². The van der Waals surface area contributed by atoms with E-state index < -0.39 is 9.84 Å². The Hall–Kier alpha value is -2.29. The second kappa shape index (κ2) is 9.02. The number of rotatable bonds is 8. The Bertz CT molecular complexity index is 1070. The fourth-order valence-corrected chi connectivity index (χ4v) is 5.02. The first-order valence-corrected chi connectivity index (χ1v) is 12.2. The number of hydrogen-bond donors (Lipinski definition) is 0. The molecule has 6 nitrogen and oxygen atoms in total. The minimum Gasteiger partial charge on any atom is -0.302 e. The molecule has 1 aromatic heterocycles. The normalized spacial score (nSPS) is 11.9. The van der Waals surface area contributed by atoms with Gasteiger partial charge in [0.2, 0.25) is 0 Å². The van der Waals surface area contributed by atoms with Crippen molar-refractivity contribution in [3.05, 3.63) is 54.1 Å². The highest BCUT2D eigenvalue weighted by atomic mass is 32.2. The molecule has 8 heteroatoms. The predicted molar refractivity (Wildman–Crippen MR) is 119 cm³/mol. The average molecular weight is 432 g/mol. The van der Waals surface area contributed by atoms with E-state index in [-0.39, 0.29) is 16.4 Å². The predicted octanol–water partition coefficient (Wildman–Crippen LogP) is 3.69. The van der Waals surface area contributed by atoms with Gasteiger partial charge in [-0.15, -0.1) is 0 Å². The first-order valence-electron chi connectivity index (χ1n) is 9.54. The number of carbonyl (C=O) groups excluding carboxylic acids is 1. The van der Waals surface area contributed by atoms with E-state index in [0.717, 1.165) is 29.6 Å². The van der Waals surface area contributed by atoms with Gasteiger partial charge in [-0.1, -0.05) is 49.4 Å². The zero-order valence-electron chi connectivity index (χ0n) is 16.8. The third-order valence-corrected chi connectivity index (χ3v) is 7.02. The van der Waals surface area contributed by atoms with Crippen LogP contribution < -0.4 is 4.90 Å². The maximum absolute atomic E-state index is 13.5. The molecule has 0 unspecified atom stereocenters. The van der Waals surface area contributed by atoms with Crippen LogP contribution in [0.2, 0.25) is 0 Å². The van der Waals surface area contributed by atoms with E-state index in [1.807, 2.05) is 24.3 Å². The summed E-state index contributed by atoms with van der Waals surface area (Å²) < 4.78 is 25.4. The number of para-hydroxylation sites is 1. The van der Waals surface area contributed by atoms with Gasteiger partial charge in [0.05, 0.1) is 20.7 Å². The Kier molecular flexibility index (Phi) is 6.66. The molecule has 29 heavy (non-hydrogen) atoms. The molecule has 0 atom stereocenters. The average Bonchev–Trinajstić information content (AvgIpc) is 3.14. The molecule has 1 heterocycles. The minimum absolute atomic E-state index is 0.0407. The SMILES string of the molecule is CCN(CC)CCN(C(=O)c1ccccc1S(C)(=O)=O)c1nc2ccccc2s1. The van der Waals surface area contributed by atoms with Crippen LogP contribution in [0.4, 0.5) is 5.13 Å². The summed E-state index contributed by atoms with van der Waals surface area (Å²) in [5.74, 6) is -0.350. The first kappa shape index (κ1) is 21.4. The third-order valence-electron chi connectivity index (χ3n) is 4.81. The van der Waals surface area contributed by atoms with E-state index in [0.29, 0.717) is 18.2 Å². The second-order valence-corrected chi connectivity index (χ2v) is 9.71. The lowest BCUT2D eigenvalue weighted by atomic mass is 10.2. The molecule has 0 radical (unpaired) electrons. The summed E-state index contributed by atoms with van der Waals surface area (Å²) in [5, 5.41) is 0.576. The summed E-state index contributed by atoms with van der Waals surface area (Å²) >= 11 is 1.43. The molecule has 2 aromatic carbocycles. The summed E-state index contributed by atoms with van der Waals surface area (Å²) in [6.07, 6.45) is 1.12. The molecule has 3 aromatic rings. The minimum atomic E-state index is -3.53. The van der Waals surface area contributed by atoms with Gasteiger partial charge in [-0.2, -0.15) is 0 Å². The van der Waals surface area contributed by atoms with Crippen LogP contribution in [0.1, 0.15) is 24.2 Å². The molecule has 0 fully saturated rings. The number of fused-ring (bicyclic) bond motifs is 1. The zero-order valence-corrected chi connectivity index (χ0v) is 18.5. The highest BCUT2D eigenvalue weighted by Crippen LogP contribution is 2.30. The van der Waals surface area contributed by atoms with Gasteiger partial charge in [0.1, 0.15) is 0 Å². The highest BCUT2D eigenvalue weighted by molar-refractivity contribution is 7.90. The molecule has 0 N–H and O–H groups in total. The fraction of sp³-hybridized carbons (Fsp3) is 0.333. The van der Waals surface area contributed by atoms with E-state index in [1.165, 1.54) is 17.4 Å². The van der Waals surface area contributed by atoms with Crippen molar-refractivity contribution in [1.29, 1.82) is 0 Å².